The van der Waals surface area contributed by atoms with Crippen LogP contribution in [0.15, 0.2) is 49.2 Å². The highest BCUT2D eigenvalue weighted by Gasteiger charge is 2.23. The van der Waals surface area contributed by atoms with Crippen molar-refractivity contribution in [1.29, 1.82) is 0 Å². The number of anilines is 2. The lowest BCUT2D eigenvalue weighted by atomic mass is 10.1. The number of carbonyl (C=O) groups is 2. The topological polar surface area (TPSA) is 114 Å². The Kier molecular flexibility index (Phi) is 6.06. The number of carbonyl (C=O) groups excluding carboxylic acids is 2. The van der Waals surface area contributed by atoms with Crippen molar-refractivity contribution in [2.75, 3.05) is 23.9 Å². The molecular formula is C21H23N7O3. The molecular weight excluding hydrogens is 398 g/mol. The molecule has 3 heterocycles. The van der Waals surface area contributed by atoms with Crippen molar-refractivity contribution in [2.45, 2.75) is 25.8 Å². The van der Waals surface area contributed by atoms with Crippen LogP contribution in [-0.4, -0.2) is 45.3 Å². The van der Waals surface area contributed by atoms with Crippen LogP contribution in [0, 0.1) is 0 Å². The first-order valence-corrected chi connectivity index (χ1v) is 9.97. The summed E-state index contributed by atoms with van der Waals surface area (Å²) in [7, 11) is 1.56. The zero-order valence-electron chi connectivity index (χ0n) is 17.1. The Bertz CT molecular complexity index is 1050. The molecule has 10 nitrogen and oxygen atoms in total. The average molecular weight is 421 g/mol. The van der Waals surface area contributed by atoms with E-state index < -0.39 is 0 Å². The van der Waals surface area contributed by atoms with Crippen molar-refractivity contribution in [3.63, 3.8) is 0 Å². The van der Waals surface area contributed by atoms with Crippen molar-refractivity contribution >= 4 is 23.3 Å². The summed E-state index contributed by atoms with van der Waals surface area (Å²) >= 11 is 0. The van der Waals surface area contributed by atoms with Gasteiger partial charge in [0.1, 0.15) is 18.4 Å². The number of rotatable bonds is 6. The molecule has 0 saturated carbocycles. The van der Waals surface area contributed by atoms with Gasteiger partial charge in [-0.1, -0.05) is 6.07 Å². The lowest BCUT2D eigenvalue weighted by Crippen LogP contribution is -2.35. The summed E-state index contributed by atoms with van der Waals surface area (Å²) in [5.74, 6) is 1.30. The van der Waals surface area contributed by atoms with E-state index in [4.69, 9.17) is 4.74 Å². The monoisotopic (exact) mass is 421 g/mol. The van der Waals surface area contributed by atoms with Gasteiger partial charge in [0.15, 0.2) is 5.82 Å². The maximum atomic E-state index is 12.4. The molecule has 2 aromatic heterocycles. The van der Waals surface area contributed by atoms with Crippen LogP contribution in [0.25, 0.3) is 5.82 Å². The van der Waals surface area contributed by atoms with E-state index in [9.17, 15) is 9.59 Å². The number of aromatic nitrogens is 4. The first kappa shape index (κ1) is 20.3. The molecule has 1 aromatic carbocycles. The summed E-state index contributed by atoms with van der Waals surface area (Å²) in [6, 6.07) is 8.55. The van der Waals surface area contributed by atoms with Crippen LogP contribution in [0.2, 0.25) is 0 Å². The average Bonchev–Trinajstić information content (AvgIpc) is 3.33. The number of urea groups is 1. The van der Waals surface area contributed by atoms with E-state index in [1.807, 2.05) is 6.07 Å². The molecule has 1 saturated heterocycles. The Hall–Kier alpha value is -3.95. The molecule has 1 aliphatic heterocycles. The fraction of sp³-hybridized carbons (Fsp3) is 0.286. The van der Waals surface area contributed by atoms with Crippen LogP contribution in [-0.2, 0) is 11.3 Å². The lowest BCUT2D eigenvalue weighted by molar-refractivity contribution is -0.119. The fourth-order valence-corrected chi connectivity index (χ4v) is 3.38. The van der Waals surface area contributed by atoms with Gasteiger partial charge in [0, 0.05) is 31.4 Å². The number of nitrogens with zero attached hydrogens (tertiary/aromatic N) is 5. The summed E-state index contributed by atoms with van der Waals surface area (Å²) in [6.07, 6.45) is 7.03. The lowest BCUT2D eigenvalue weighted by Gasteiger charge is -2.28. The number of benzene rings is 1. The van der Waals surface area contributed by atoms with E-state index in [-0.39, 0.29) is 11.9 Å². The van der Waals surface area contributed by atoms with Crippen LogP contribution >= 0.6 is 0 Å². The third-order valence-electron chi connectivity index (χ3n) is 4.97. The van der Waals surface area contributed by atoms with E-state index in [0.717, 1.165) is 18.4 Å². The summed E-state index contributed by atoms with van der Waals surface area (Å²) in [5, 5.41) is 9.63. The molecule has 0 radical (unpaired) electrons. The number of hydrogen-bond acceptors (Lipinski definition) is 6. The van der Waals surface area contributed by atoms with E-state index in [1.165, 1.54) is 6.33 Å². The minimum atomic E-state index is -0.360. The molecule has 1 aliphatic rings. The number of methoxy groups -OCH3 is 1. The molecule has 2 N–H and O–H groups in total. The summed E-state index contributed by atoms with van der Waals surface area (Å²) < 4.78 is 6.96. The molecule has 0 atom stereocenters. The molecule has 1 fully saturated rings. The highest BCUT2D eigenvalue weighted by Crippen LogP contribution is 2.33. The largest absolute Gasteiger partial charge is 0.495 e. The van der Waals surface area contributed by atoms with E-state index >= 15 is 0 Å². The maximum absolute atomic E-state index is 12.4. The van der Waals surface area contributed by atoms with Crippen LogP contribution in [0.3, 0.4) is 0 Å². The molecule has 31 heavy (non-hydrogen) atoms. The Morgan fingerprint density at radius 3 is 2.84 bits per heavy atom. The highest BCUT2D eigenvalue weighted by atomic mass is 16.5. The molecule has 0 aliphatic carbocycles. The van der Waals surface area contributed by atoms with Gasteiger partial charge in [0.2, 0.25) is 5.91 Å². The summed E-state index contributed by atoms with van der Waals surface area (Å²) in [5.41, 5.74) is 2.08. The Morgan fingerprint density at radius 1 is 1.23 bits per heavy atom. The van der Waals surface area contributed by atoms with Gasteiger partial charge in [-0.05, 0) is 42.7 Å². The smallest absolute Gasteiger partial charge is 0.319 e. The molecule has 0 unspecified atom stereocenters. The van der Waals surface area contributed by atoms with E-state index in [0.29, 0.717) is 42.5 Å². The zero-order chi connectivity index (χ0) is 21.6. The minimum absolute atomic E-state index is 0.0630. The molecule has 160 valence electrons. The van der Waals surface area contributed by atoms with Gasteiger partial charge in [-0.2, -0.15) is 5.10 Å². The molecule has 0 bridgehead atoms. The normalized spacial score (nSPS) is 13.7. The van der Waals surface area contributed by atoms with Crippen LogP contribution in [0.4, 0.5) is 16.2 Å². The number of ether oxygens (including phenoxy) is 1. The second-order valence-electron chi connectivity index (χ2n) is 7.06. The van der Waals surface area contributed by atoms with E-state index in [2.05, 4.69) is 25.7 Å². The Balaban J connectivity index is 1.38. The van der Waals surface area contributed by atoms with Crippen LogP contribution < -0.4 is 20.3 Å². The van der Waals surface area contributed by atoms with Gasteiger partial charge >= 0.3 is 6.03 Å². The Labute approximate surface area is 179 Å². The quantitative estimate of drug-likeness (QED) is 0.632. The molecule has 4 rings (SSSR count). The van der Waals surface area contributed by atoms with Gasteiger partial charge in [-0.25, -0.2) is 19.4 Å². The van der Waals surface area contributed by atoms with Crippen LogP contribution in [0.1, 0.15) is 24.8 Å². The van der Waals surface area contributed by atoms with Crippen molar-refractivity contribution in [3.8, 4) is 11.6 Å². The molecule has 3 amide bonds. The third-order valence-corrected chi connectivity index (χ3v) is 4.97. The predicted molar refractivity (Wildman–Crippen MR) is 114 cm³/mol. The summed E-state index contributed by atoms with van der Waals surface area (Å²) in [4.78, 5) is 34.6. The second-order valence-corrected chi connectivity index (χ2v) is 7.06. The van der Waals surface area contributed by atoms with Gasteiger partial charge in [-0.3, -0.25) is 4.79 Å². The SMILES string of the molecule is COc1ccc(NC(=O)NCc2ccc(-n3cncn3)nc2)cc1N1CCCCC1=O. The fourth-order valence-electron chi connectivity index (χ4n) is 3.38. The second kappa shape index (κ2) is 9.24. The standard InChI is InChI=1S/C21H23N7O3/c1-31-18-7-6-16(10-17(18)27-9-3-2-4-20(27)29)26-21(30)24-12-15-5-8-19(23-11-15)28-14-22-13-25-28/h5-8,10-11,13-14H,2-4,9,12H2,1H3,(H2,24,26,30). The zero-order valence-corrected chi connectivity index (χ0v) is 17.1. The third kappa shape index (κ3) is 4.80. The van der Waals surface area contributed by atoms with Crippen molar-refractivity contribution in [3.05, 3.63) is 54.7 Å². The van der Waals surface area contributed by atoms with E-state index in [1.54, 1.807) is 53.5 Å². The van der Waals surface area contributed by atoms with Gasteiger partial charge < -0.3 is 20.3 Å². The van der Waals surface area contributed by atoms with Crippen molar-refractivity contribution < 1.29 is 14.3 Å². The first-order chi connectivity index (χ1) is 15.1. The van der Waals surface area contributed by atoms with Gasteiger partial charge in [0.25, 0.3) is 0 Å². The molecule has 0 spiro atoms. The number of amides is 3. The number of pyridine rings is 1. The van der Waals surface area contributed by atoms with Gasteiger partial charge in [-0.15, -0.1) is 0 Å². The number of nitrogens with one attached hydrogen (secondary N) is 2. The minimum Gasteiger partial charge on any atom is -0.495 e. The number of hydrogen-bond donors (Lipinski definition) is 2. The van der Waals surface area contributed by atoms with Crippen LogP contribution in [0.5, 0.6) is 5.75 Å². The van der Waals surface area contributed by atoms with Crippen molar-refractivity contribution in [1.82, 2.24) is 25.1 Å². The Morgan fingerprint density at radius 2 is 2.13 bits per heavy atom. The predicted octanol–water partition coefficient (Wildman–Crippen LogP) is 2.51. The first-order valence-electron chi connectivity index (χ1n) is 9.97. The highest BCUT2D eigenvalue weighted by molar-refractivity contribution is 5.97. The molecule has 10 heteroatoms. The van der Waals surface area contributed by atoms with Crippen molar-refractivity contribution in [2.24, 2.45) is 0 Å². The molecule has 3 aromatic rings. The summed E-state index contributed by atoms with van der Waals surface area (Å²) in [6.45, 7) is 0.951. The van der Waals surface area contributed by atoms with Gasteiger partial charge in [0.05, 0.1) is 12.8 Å². The number of piperidine rings is 1. The maximum Gasteiger partial charge on any atom is 0.319 e.